The van der Waals surface area contributed by atoms with E-state index in [1.54, 1.807) is 0 Å². The van der Waals surface area contributed by atoms with Gasteiger partial charge in [-0.2, -0.15) is 0 Å². The minimum atomic E-state index is -1.10. The number of hydrogen-bond donors (Lipinski definition) is 4. The number of rotatable bonds is 14. The Bertz CT molecular complexity index is 562. The zero-order valence-corrected chi connectivity index (χ0v) is 19.9. The van der Waals surface area contributed by atoms with E-state index in [9.17, 15) is 14.4 Å². The molecule has 180 valence electrons. The molecule has 1 heterocycles. The molecule has 0 aromatic rings. The second-order valence-electron chi connectivity index (χ2n) is 8.98. The van der Waals surface area contributed by atoms with Crippen LogP contribution in [0.3, 0.4) is 0 Å². The van der Waals surface area contributed by atoms with Crippen molar-refractivity contribution in [2.24, 2.45) is 5.92 Å². The van der Waals surface area contributed by atoms with E-state index in [-0.39, 0.29) is 11.8 Å². The van der Waals surface area contributed by atoms with Gasteiger partial charge in [0.2, 0.25) is 11.8 Å². The highest BCUT2D eigenvalue weighted by Crippen LogP contribution is 2.15. The number of likely N-dealkylation sites (N-methyl/N-ethyl adjacent to an activating group) is 1. The molecule has 31 heavy (non-hydrogen) atoms. The van der Waals surface area contributed by atoms with Gasteiger partial charge in [0, 0.05) is 6.04 Å². The van der Waals surface area contributed by atoms with Crippen LogP contribution in [-0.2, 0) is 14.4 Å². The Morgan fingerprint density at radius 1 is 1.10 bits per heavy atom. The first-order valence-electron chi connectivity index (χ1n) is 11.6. The molecule has 2 atom stereocenters. The molecule has 0 unspecified atom stereocenters. The monoisotopic (exact) mass is 441 g/mol. The van der Waals surface area contributed by atoms with Crippen molar-refractivity contribution in [2.75, 3.05) is 46.8 Å². The number of carboxylic acid groups (broad SMARTS) is 1. The predicted molar refractivity (Wildman–Crippen MR) is 122 cm³/mol. The van der Waals surface area contributed by atoms with Gasteiger partial charge in [0.05, 0.1) is 6.04 Å². The van der Waals surface area contributed by atoms with Crippen LogP contribution in [0.15, 0.2) is 0 Å². The fourth-order valence-electron chi connectivity index (χ4n) is 4.01. The first-order chi connectivity index (χ1) is 14.6. The lowest BCUT2D eigenvalue weighted by Crippen LogP contribution is -2.54. The number of piperidine rings is 1. The summed E-state index contributed by atoms with van der Waals surface area (Å²) in [6.45, 7) is 9.17. The maximum atomic E-state index is 12.7. The Balaban J connectivity index is 2.55. The van der Waals surface area contributed by atoms with Crippen molar-refractivity contribution in [3.63, 3.8) is 0 Å². The van der Waals surface area contributed by atoms with Crippen molar-refractivity contribution in [3.05, 3.63) is 0 Å². The summed E-state index contributed by atoms with van der Waals surface area (Å²) in [5, 5.41) is 17.2. The molecular formula is C22H43N5O4. The number of nitrogens with one attached hydrogen (secondary N) is 3. The molecule has 1 fully saturated rings. The Hall–Kier alpha value is -1.71. The topological polar surface area (TPSA) is 114 Å². The van der Waals surface area contributed by atoms with Crippen molar-refractivity contribution in [3.8, 4) is 0 Å². The number of carbonyl (C=O) groups excluding carboxylic acids is 2. The van der Waals surface area contributed by atoms with Gasteiger partial charge in [-0.15, -0.1) is 0 Å². The highest BCUT2D eigenvalue weighted by atomic mass is 16.4. The molecule has 4 N–H and O–H groups in total. The Morgan fingerprint density at radius 2 is 1.74 bits per heavy atom. The van der Waals surface area contributed by atoms with Crippen molar-refractivity contribution in [1.82, 2.24) is 25.8 Å². The van der Waals surface area contributed by atoms with Crippen molar-refractivity contribution < 1.29 is 19.5 Å². The van der Waals surface area contributed by atoms with Crippen LogP contribution in [0.1, 0.15) is 52.9 Å². The second-order valence-corrected chi connectivity index (χ2v) is 8.98. The Morgan fingerprint density at radius 3 is 2.26 bits per heavy atom. The zero-order chi connectivity index (χ0) is 23.4. The summed E-state index contributed by atoms with van der Waals surface area (Å²) in [5.41, 5.74) is 0. The van der Waals surface area contributed by atoms with Gasteiger partial charge >= 0.3 is 5.97 Å². The second kappa shape index (κ2) is 14.4. The molecule has 9 heteroatoms. The lowest BCUT2D eigenvalue weighted by Gasteiger charge is -2.35. The van der Waals surface area contributed by atoms with Gasteiger partial charge in [-0.1, -0.05) is 20.8 Å². The third-order valence-electron chi connectivity index (χ3n) is 5.92. The lowest BCUT2D eigenvalue weighted by atomic mass is 10.0. The van der Waals surface area contributed by atoms with Crippen LogP contribution in [0.5, 0.6) is 0 Å². The molecular weight excluding hydrogens is 398 g/mol. The minimum absolute atomic E-state index is 0.0766. The third kappa shape index (κ3) is 10.4. The largest absolute Gasteiger partial charge is 0.480 e. The summed E-state index contributed by atoms with van der Waals surface area (Å²) in [6, 6.07) is -0.469. The third-order valence-corrected chi connectivity index (χ3v) is 5.92. The van der Waals surface area contributed by atoms with Crippen LogP contribution < -0.4 is 16.0 Å². The SMILES string of the molecule is CCN[C@H](C(=O)N[C@@H](CCCCN1CCC(N(C)C)CC1)C(=O)NCC(=O)O)C(C)C. The van der Waals surface area contributed by atoms with E-state index in [1.807, 2.05) is 20.8 Å². The maximum Gasteiger partial charge on any atom is 0.322 e. The van der Waals surface area contributed by atoms with Gasteiger partial charge in [-0.05, 0) is 78.3 Å². The molecule has 0 saturated carbocycles. The highest BCUT2D eigenvalue weighted by molar-refractivity contribution is 5.91. The summed E-state index contributed by atoms with van der Waals surface area (Å²) < 4.78 is 0. The van der Waals surface area contributed by atoms with Gasteiger partial charge < -0.3 is 30.9 Å². The first-order valence-corrected chi connectivity index (χ1v) is 11.6. The number of carboxylic acids is 1. The number of nitrogens with zero attached hydrogens (tertiary/aromatic N) is 2. The highest BCUT2D eigenvalue weighted by Gasteiger charge is 2.27. The molecule has 0 aromatic carbocycles. The summed E-state index contributed by atoms with van der Waals surface area (Å²) >= 11 is 0. The fourth-order valence-corrected chi connectivity index (χ4v) is 4.01. The summed E-state index contributed by atoms with van der Waals surface area (Å²) in [7, 11) is 4.26. The van der Waals surface area contributed by atoms with Gasteiger partial charge in [-0.25, -0.2) is 0 Å². The van der Waals surface area contributed by atoms with Crippen LogP contribution in [0.2, 0.25) is 0 Å². The molecule has 1 aliphatic rings. The van der Waals surface area contributed by atoms with Gasteiger partial charge in [0.25, 0.3) is 0 Å². The smallest absolute Gasteiger partial charge is 0.322 e. The lowest BCUT2D eigenvalue weighted by molar-refractivity contribution is -0.138. The van der Waals surface area contributed by atoms with Crippen LogP contribution in [-0.4, -0.2) is 97.6 Å². The molecule has 0 radical (unpaired) electrons. The molecule has 0 bridgehead atoms. The average molecular weight is 442 g/mol. The maximum absolute atomic E-state index is 12.7. The van der Waals surface area contributed by atoms with Crippen LogP contribution in [0, 0.1) is 5.92 Å². The van der Waals surface area contributed by atoms with Crippen LogP contribution in [0.25, 0.3) is 0 Å². The van der Waals surface area contributed by atoms with Crippen molar-refractivity contribution >= 4 is 17.8 Å². The van der Waals surface area contributed by atoms with Crippen molar-refractivity contribution in [1.29, 1.82) is 0 Å². The van der Waals surface area contributed by atoms with E-state index >= 15 is 0 Å². The first kappa shape index (κ1) is 27.3. The molecule has 0 aromatic heterocycles. The van der Waals surface area contributed by atoms with E-state index < -0.39 is 30.5 Å². The van der Waals surface area contributed by atoms with E-state index in [4.69, 9.17) is 5.11 Å². The Labute approximate surface area is 187 Å². The number of unbranched alkanes of at least 4 members (excludes halogenated alkanes) is 1. The molecule has 0 aliphatic carbocycles. The van der Waals surface area contributed by atoms with E-state index in [0.29, 0.717) is 19.0 Å². The summed E-state index contributed by atoms with van der Waals surface area (Å²) in [6.07, 6.45) is 4.55. The standard InChI is InChI=1S/C22H43N5O4/c1-6-23-20(16(2)3)22(31)25-18(21(30)24-15-19(28)29)9-7-8-12-27-13-10-17(11-14-27)26(4)5/h16-18,20,23H,6-15H2,1-5H3,(H,24,30)(H,25,31)(H,28,29)/t18-,20-/m0/s1. The number of hydrogen-bond acceptors (Lipinski definition) is 6. The number of aliphatic carboxylic acids is 1. The molecule has 1 aliphatic heterocycles. The van der Waals surface area contributed by atoms with Crippen LogP contribution in [0.4, 0.5) is 0 Å². The molecule has 9 nitrogen and oxygen atoms in total. The van der Waals surface area contributed by atoms with E-state index in [1.165, 1.54) is 12.8 Å². The number of amides is 2. The summed E-state index contributed by atoms with van der Waals surface area (Å²) in [5.74, 6) is -1.69. The molecule has 0 spiro atoms. The van der Waals surface area contributed by atoms with Gasteiger partial charge in [0.1, 0.15) is 12.6 Å². The van der Waals surface area contributed by atoms with Gasteiger partial charge in [0.15, 0.2) is 0 Å². The summed E-state index contributed by atoms with van der Waals surface area (Å²) in [4.78, 5) is 40.8. The molecule has 2 amide bonds. The average Bonchev–Trinajstić information content (AvgIpc) is 2.72. The van der Waals surface area contributed by atoms with Crippen molar-refractivity contribution in [2.45, 2.75) is 71.0 Å². The zero-order valence-electron chi connectivity index (χ0n) is 19.9. The number of carbonyl (C=O) groups is 3. The Kier molecular flexibility index (Phi) is 12.7. The molecule has 1 rings (SSSR count). The minimum Gasteiger partial charge on any atom is -0.480 e. The predicted octanol–water partition coefficient (Wildman–Crippen LogP) is 0.502. The van der Waals surface area contributed by atoms with E-state index in [0.717, 1.165) is 32.5 Å². The quantitative estimate of drug-likeness (QED) is 0.290. The molecule has 1 saturated heterocycles. The normalized spacial score (nSPS) is 17.5. The van der Waals surface area contributed by atoms with Crippen LogP contribution >= 0.6 is 0 Å². The van der Waals surface area contributed by atoms with Gasteiger partial charge in [-0.3, -0.25) is 14.4 Å². The van der Waals surface area contributed by atoms with E-state index in [2.05, 4.69) is 39.8 Å². The fraction of sp³-hybridized carbons (Fsp3) is 0.864. The number of likely N-dealkylation sites (tertiary alicyclic amines) is 1.